The molecule has 2 rings (SSSR count). The summed E-state index contributed by atoms with van der Waals surface area (Å²) >= 11 is 1.56. The van der Waals surface area contributed by atoms with Crippen molar-refractivity contribution in [1.29, 1.82) is 0 Å². The molecule has 104 valence electrons. The average molecular weight is 272 g/mol. The molecular formula is C13H24N2O2S. The third-order valence-corrected chi connectivity index (χ3v) is 4.70. The van der Waals surface area contributed by atoms with Crippen molar-refractivity contribution in [1.82, 2.24) is 10.6 Å². The highest BCUT2D eigenvalue weighted by atomic mass is 32.2. The number of hydrogen-bond donors (Lipinski definition) is 3. The van der Waals surface area contributed by atoms with Gasteiger partial charge in [0, 0.05) is 6.04 Å². The number of hydrogen-bond acceptors (Lipinski definition) is 4. The summed E-state index contributed by atoms with van der Waals surface area (Å²) < 4.78 is 0. The Hall–Kier alpha value is -0.260. The molecule has 1 heterocycles. The molecule has 5 heteroatoms. The summed E-state index contributed by atoms with van der Waals surface area (Å²) in [6, 6.07) is 0.273. The molecule has 0 aromatic heterocycles. The summed E-state index contributed by atoms with van der Waals surface area (Å²) in [7, 11) is 0. The van der Waals surface area contributed by atoms with Crippen molar-refractivity contribution in [2.75, 3.05) is 25.1 Å². The van der Waals surface area contributed by atoms with E-state index in [2.05, 4.69) is 10.6 Å². The molecule has 2 fully saturated rings. The second kappa shape index (κ2) is 6.78. The highest BCUT2D eigenvalue weighted by Crippen LogP contribution is 2.35. The molecule has 2 aliphatic rings. The van der Waals surface area contributed by atoms with E-state index in [4.69, 9.17) is 0 Å². The van der Waals surface area contributed by atoms with E-state index in [-0.39, 0.29) is 18.1 Å². The first-order chi connectivity index (χ1) is 8.70. The largest absolute Gasteiger partial charge is 0.393 e. The van der Waals surface area contributed by atoms with E-state index in [9.17, 15) is 9.90 Å². The lowest BCUT2D eigenvalue weighted by Gasteiger charge is -2.43. The number of amides is 1. The van der Waals surface area contributed by atoms with Crippen LogP contribution in [-0.2, 0) is 4.79 Å². The van der Waals surface area contributed by atoms with Gasteiger partial charge in [-0.15, -0.1) is 0 Å². The number of aliphatic hydroxyl groups is 1. The predicted octanol–water partition coefficient (Wildman–Crippen LogP) is 0.605. The maximum Gasteiger partial charge on any atom is 0.230 e. The number of rotatable bonds is 5. The van der Waals surface area contributed by atoms with Gasteiger partial charge in [-0.3, -0.25) is 4.79 Å². The zero-order chi connectivity index (χ0) is 13.0. The average Bonchev–Trinajstić information content (AvgIpc) is 2.34. The Morgan fingerprint density at radius 2 is 2.06 bits per heavy atom. The van der Waals surface area contributed by atoms with Gasteiger partial charge in [0.05, 0.1) is 11.9 Å². The summed E-state index contributed by atoms with van der Waals surface area (Å²) in [5.41, 5.74) is 0. The molecule has 1 amide bonds. The summed E-state index contributed by atoms with van der Waals surface area (Å²) in [5.74, 6) is 1.74. The minimum absolute atomic E-state index is 0.142. The lowest BCUT2D eigenvalue weighted by molar-refractivity contribution is -0.121. The molecular weight excluding hydrogens is 248 g/mol. The number of thioether (sulfide) groups is 1. The van der Waals surface area contributed by atoms with Gasteiger partial charge in [0.1, 0.15) is 0 Å². The molecule has 0 aromatic rings. The van der Waals surface area contributed by atoms with Crippen molar-refractivity contribution < 1.29 is 9.90 Å². The van der Waals surface area contributed by atoms with Crippen LogP contribution in [0.3, 0.4) is 0 Å². The second-order valence-corrected chi connectivity index (χ2v) is 6.37. The molecule has 0 unspecified atom stereocenters. The number of carbonyl (C=O) groups is 1. The molecule has 1 atom stereocenters. The third kappa shape index (κ3) is 3.62. The van der Waals surface area contributed by atoms with Crippen LogP contribution in [0, 0.1) is 11.8 Å². The number of carbonyl (C=O) groups excluding carboxylic acids is 1. The van der Waals surface area contributed by atoms with E-state index in [1.807, 2.05) is 6.26 Å². The zero-order valence-electron chi connectivity index (χ0n) is 11.0. The Balaban J connectivity index is 1.91. The molecule has 0 radical (unpaired) electrons. The van der Waals surface area contributed by atoms with Gasteiger partial charge in [-0.05, 0) is 56.9 Å². The van der Waals surface area contributed by atoms with Crippen molar-refractivity contribution in [2.24, 2.45) is 11.8 Å². The zero-order valence-corrected chi connectivity index (χ0v) is 11.8. The fourth-order valence-corrected chi connectivity index (χ4v) is 3.45. The van der Waals surface area contributed by atoms with E-state index in [0.717, 1.165) is 38.8 Å². The van der Waals surface area contributed by atoms with Gasteiger partial charge in [-0.1, -0.05) is 0 Å². The fraction of sp³-hybridized carbons (Fsp3) is 0.923. The molecule has 1 aliphatic heterocycles. The van der Waals surface area contributed by atoms with Crippen LogP contribution in [0.1, 0.15) is 25.7 Å². The number of piperidine rings is 1. The van der Waals surface area contributed by atoms with E-state index in [1.165, 1.54) is 0 Å². The quantitative estimate of drug-likeness (QED) is 0.686. The van der Waals surface area contributed by atoms with Crippen LogP contribution >= 0.6 is 11.8 Å². The van der Waals surface area contributed by atoms with Crippen molar-refractivity contribution in [3.63, 3.8) is 0 Å². The number of nitrogens with one attached hydrogen (secondary N) is 2. The van der Waals surface area contributed by atoms with Gasteiger partial charge in [-0.2, -0.15) is 11.8 Å². The van der Waals surface area contributed by atoms with Crippen LogP contribution < -0.4 is 10.6 Å². The van der Waals surface area contributed by atoms with E-state index in [1.54, 1.807) is 11.8 Å². The van der Waals surface area contributed by atoms with Crippen LogP contribution in [0.2, 0.25) is 0 Å². The highest BCUT2D eigenvalue weighted by molar-refractivity contribution is 7.99. The molecule has 0 bridgehead atoms. The Morgan fingerprint density at radius 1 is 1.39 bits per heavy atom. The maximum atomic E-state index is 11.8. The smallest absolute Gasteiger partial charge is 0.230 e. The van der Waals surface area contributed by atoms with Crippen LogP contribution in [0.5, 0.6) is 0 Å². The van der Waals surface area contributed by atoms with Gasteiger partial charge in [0.2, 0.25) is 5.91 Å². The van der Waals surface area contributed by atoms with Crippen molar-refractivity contribution in [3.8, 4) is 0 Å². The monoisotopic (exact) mass is 272 g/mol. The molecule has 3 N–H and O–H groups in total. The lowest BCUT2D eigenvalue weighted by atomic mass is 9.71. The fourth-order valence-electron chi connectivity index (χ4n) is 3.11. The Kier molecular flexibility index (Phi) is 5.33. The first-order valence-corrected chi connectivity index (χ1v) is 8.27. The van der Waals surface area contributed by atoms with Crippen LogP contribution in [0.15, 0.2) is 0 Å². The summed E-state index contributed by atoms with van der Waals surface area (Å²) in [6.45, 7) is 2.10. The topological polar surface area (TPSA) is 61.4 Å². The normalized spacial score (nSPS) is 30.6. The van der Waals surface area contributed by atoms with Gasteiger partial charge < -0.3 is 15.7 Å². The lowest BCUT2D eigenvalue weighted by Crippen LogP contribution is -2.53. The second-order valence-electron chi connectivity index (χ2n) is 5.50. The summed E-state index contributed by atoms with van der Waals surface area (Å²) in [6.07, 6.45) is 5.79. The van der Waals surface area contributed by atoms with E-state index < -0.39 is 0 Å². The Labute approximate surface area is 113 Å². The SMILES string of the molecule is CSCC(=O)N[C@@H](C1CCNCC1)C1CC(O)C1. The van der Waals surface area contributed by atoms with E-state index in [0.29, 0.717) is 17.6 Å². The predicted molar refractivity (Wildman–Crippen MR) is 74.6 cm³/mol. The molecule has 1 saturated heterocycles. The standard InChI is InChI=1S/C13H24N2O2S/c1-18-8-12(17)15-13(10-6-11(16)7-10)9-2-4-14-5-3-9/h9-11,13-14,16H,2-8H2,1H3,(H,15,17)/t10?,11?,13-/m0/s1. The van der Waals surface area contributed by atoms with Gasteiger partial charge in [0.25, 0.3) is 0 Å². The molecule has 1 aliphatic carbocycles. The molecule has 18 heavy (non-hydrogen) atoms. The molecule has 0 spiro atoms. The summed E-state index contributed by atoms with van der Waals surface area (Å²) in [4.78, 5) is 11.8. The van der Waals surface area contributed by atoms with Gasteiger partial charge >= 0.3 is 0 Å². The van der Waals surface area contributed by atoms with Crippen molar-refractivity contribution >= 4 is 17.7 Å². The van der Waals surface area contributed by atoms with Crippen LogP contribution in [0.25, 0.3) is 0 Å². The van der Waals surface area contributed by atoms with Gasteiger partial charge in [0.15, 0.2) is 0 Å². The Morgan fingerprint density at radius 3 is 2.61 bits per heavy atom. The van der Waals surface area contributed by atoms with Crippen LogP contribution in [0.4, 0.5) is 0 Å². The van der Waals surface area contributed by atoms with Crippen molar-refractivity contribution in [3.05, 3.63) is 0 Å². The highest BCUT2D eigenvalue weighted by Gasteiger charge is 2.38. The van der Waals surface area contributed by atoms with Gasteiger partial charge in [-0.25, -0.2) is 0 Å². The number of aliphatic hydroxyl groups excluding tert-OH is 1. The third-order valence-electron chi connectivity index (χ3n) is 4.15. The molecule has 4 nitrogen and oxygen atoms in total. The minimum Gasteiger partial charge on any atom is -0.393 e. The summed E-state index contributed by atoms with van der Waals surface area (Å²) in [5, 5.41) is 16.1. The van der Waals surface area contributed by atoms with Crippen LogP contribution in [-0.4, -0.2) is 48.3 Å². The van der Waals surface area contributed by atoms with Crippen molar-refractivity contribution in [2.45, 2.75) is 37.8 Å². The molecule has 0 aromatic carbocycles. The first-order valence-electron chi connectivity index (χ1n) is 6.87. The Bertz CT molecular complexity index is 276. The molecule has 1 saturated carbocycles. The first kappa shape index (κ1) is 14.2. The maximum absolute atomic E-state index is 11.8. The minimum atomic E-state index is -0.142. The van der Waals surface area contributed by atoms with E-state index >= 15 is 0 Å².